The molecule has 3 N–H and O–H groups in total. The average Bonchev–Trinajstić information content (AvgIpc) is 2.37. The van der Waals surface area contributed by atoms with Crippen LogP contribution in [0.15, 0.2) is 18.2 Å². The molecule has 0 fully saturated rings. The third kappa shape index (κ3) is 6.50. The van der Waals surface area contributed by atoms with Gasteiger partial charge in [0.25, 0.3) is 0 Å². The van der Waals surface area contributed by atoms with Crippen molar-refractivity contribution in [2.45, 2.75) is 19.5 Å². The number of rotatable bonds is 7. The zero-order valence-corrected chi connectivity index (χ0v) is 10.7. The topological polar surface area (TPSA) is 87.7 Å². The summed E-state index contributed by atoms with van der Waals surface area (Å²) in [5.41, 5.74) is -0.132. The van der Waals surface area contributed by atoms with Gasteiger partial charge < -0.3 is 20.5 Å². The predicted octanol–water partition coefficient (Wildman–Crippen LogP) is 2.41. The van der Waals surface area contributed by atoms with Gasteiger partial charge in [-0.05, 0) is 18.6 Å². The number of hydrogen-bond acceptors (Lipinski definition) is 3. The normalized spacial score (nSPS) is 10.3. The lowest BCUT2D eigenvalue weighted by molar-refractivity contribution is -0.137. The molecular weight excluding hydrogens is 293 g/mol. The van der Waals surface area contributed by atoms with E-state index in [0.717, 1.165) is 12.1 Å². The van der Waals surface area contributed by atoms with Gasteiger partial charge in [-0.3, -0.25) is 4.79 Å². The number of ether oxygens (including phenoxy) is 1. The van der Waals surface area contributed by atoms with Gasteiger partial charge in [0, 0.05) is 19.0 Å². The molecule has 0 bridgehead atoms. The number of halogens is 3. The number of benzene rings is 1. The number of urea groups is 1. The van der Waals surface area contributed by atoms with E-state index < -0.39 is 30.2 Å². The molecule has 0 saturated carbocycles. The van der Waals surface area contributed by atoms with Crippen molar-refractivity contribution < 1.29 is 32.6 Å². The van der Waals surface area contributed by atoms with E-state index in [9.17, 15) is 22.8 Å². The van der Waals surface area contributed by atoms with Crippen molar-refractivity contribution in [2.75, 3.05) is 11.9 Å². The molecule has 2 amide bonds. The van der Waals surface area contributed by atoms with E-state index in [0.29, 0.717) is 6.07 Å². The summed E-state index contributed by atoms with van der Waals surface area (Å²) in [5, 5.41) is 12.9. The standard InChI is InChI=1S/C12H13F3N2O4/c13-7-3-4-8(9(6-7)21-11(14)15)17-12(20)16-5-1-2-10(18)19/h3-4,6,11H,1-2,5H2,(H,18,19)(H2,16,17,20). The highest BCUT2D eigenvalue weighted by atomic mass is 19.3. The van der Waals surface area contributed by atoms with Gasteiger partial charge in [-0.25, -0.2) is 9.18 Å². The molecule has 116 valence electrons. The lowest BCUT2D eigenvalue weighted by Crippen LogP contribution is -2.30. The Labute approximate surface area is 117 Å². The van der Waals surface area contributed by atoms with Crippen LogP contribution in [-0.2, 0) is 4.79 Å². The molecule has 0 aromatic heterocycles. The van der Waals surface area contributed by atoms with Crippen LogP contribution in [-0.4, -0.2) is 30.3 Å². The Morgan fingerprint density at radius 3 is 2.67 bits per heavy atom. The van der Waals surface area contributed by atoms with Crippen molar-refractivity contribution in [2.24, 2.45) is 0 Å². The summed E-state index contributed by atoms with van der Waals surface area (Å²) >= 11 is 0. The summed E-state index contributed by atoms with van der Waals surface area (Å²) in [6.45, 7) is -3.07. The van der Waals surface area contributed by atoms with Crippen LogP contribution in [0.4, 0.5) is 23.7 Å². The van der Waals surface area contributed by atoms with Crippen molar-refractivity contribution in [3.8, 4) is 5.75 Å². The lowest BCUT2D eigenvalue weighted by atomic mass is 10.3. The minimum absolute atomic E-state index is 0.0877. The molecule has 0 unspecified atom stereocenters. The van der Waals surface area contributed by atoms with Gasteiger partial charge in [0.2, 0.25) is 0 Å². The number of alkyl halides is 2. The monoisotopic (exact) mass is 306 g/mol. The second-order valence-electron chi connectivity index (χ2n) is 3.90. The lowest BCUT2D eigenvalue weighted by Gasteiger charge is -2.12. The van der Waals surface area contributed by atoms with Gasteiger partial charge >= 0.3 is 18.6 Å². The first kappa shape index (κ1) is 16.6. The predicted molar refractivity (Wildman–Crippen MR) is 66.9 cm³/mol. The smallest absolute Gasteiger partial charge is 0.387 e. The Bertz CT molecular complexity index is 511. The maximum Gasteiger partial charge on any atom is 0.387 e. The highest BCUT2D eigenvalue weighted by Crippen LogP contribution is 2.26. The Balaban J connectivity index is 2.56. The maximum atomic E-state index is 13.0. The number of anilines is 1. The number of aliphatic carboxylic acids is 1. The number of carbonyl (C=O) groups excluding carboxylic acids is 1. The molecule has 9 heteroatoms. The second-order valence-corrected chi connectivity index (χ2v) is 3.90. The van der Waals surface area contributed by atoms with Crippen molar-refractivity contribution in [3.05, 3.63) is 24.0 Å². The quantitative estimate of drug-likeness (QED) is 0.675. The number of carboxylic acids is 1. The van der Waals surface area contributed by atoms with E-state index in [-0.39, 0.29) is 25.1 Å². The molecule has 1 aromatic carbocycles. The number of carbonyl (C=O) groups is 2. The fraction of sp³-hybridized carbons (Fsp3) is 0.333. The number of nitrogens with one attached hydrogen (secondary N) is 2. The molecule has 21 heavy (non-hydrogen) atoms. The van der Waals surface area contributed by atoms with E-state index in [1.165, 1.54) is 0 Å². The summed E-state index contributed by atoms with van der Waals surface area (Å²) < 4.78 is 41.4. The van der Waals surface area contributed by atoms with Crippen LogP contribution in [0.5, 0.6) is 5.75 Å². The Morgan fingerprint density at radius 2 is 2.05 bits per heavy atom. The summed E-state index contributed by atoms with van der Waals surface area (Å²) in [6.07, 6.45) is 0.100. The summed E-state index contributed by atoms with van der Waals surface area (Å²) in [5.74, 6) is -2.30. The first-order chi connectivity index (χ1) is 9.88. The molecule has 1 rings (SSSR count). The van der Waals surface area contributed by atoms with Crippen molar-refractivity contribution in [3.63, 3.8) is 0 Å². The Hall–Kier alpha value is -2.45. The molecular formula is C12H13F3N2O4. The minimum Gasteiger partial charge on any atom is -0.481 e. The fourth-order valence-corrected chi connectivity index (χ4v) is 1.40. The van der Waals surface area contributed by atoms with Crippen molar-refractivity contribution in [1.29, 1.82) is 0 Å². The van der Waals surface area contributed by atoms with E-state index >= 15 is 0 Å². The Kier molecular flexibility index (Phi) is 6.31. The van der Waals surface area contributed by atoms with E-state index in [2.05, 4.69) is 15.4 Å². The molecule has 0 atom stereocenters. The van der Waals surface area contributed by atoms with Gasteiger partial charge in [-0.2, -0.15) is 8.78 Å². The fourth-order valence-electron chi connectivity index (χ4n) is 1.40. The molecule has 0 aliphatic rings. The van der Waals surface area contributed by atoms with Crippen LogP contribution in [0.2, 0.25) is 0 Å². The average molecular weight is 306 g/mol. The third-order valence-corrected chi connectivity index (χ3v) is 2.26. The first-order valence-corrected chi connectivity index (χ1v) is 5.89. The zero-order chi connectivity index (χ0) is 15.8. The molecule has 6 nitrogen and oxygen atoms in total. The van der Waals surface area contributed by atoms with E-state index in [1.807, 2.05) is 0 Å². The largest absolute Gasteiger partial charge is 0.481 e. The second kappa shape index (κ2) is 7.98. The van der Waals surface area contributed by atoms with Gasteiger partial charge in [-0.1, -0.05) is 0 Å². The molecule has 0 radical (unpaired) electrons. The van der Waals surface area contributed by atoms with Crippen molar-refractivity contribution in [1.82, 2.24) is 5.32 Å². The van der Waals surface area contributed by atoms with E-state index in [4.69, 9.17) is 5.11 Å². The number of hydrogen-bond donors (Lipinski definition) is 3. The molecule has 0 aliphatic heterocycles. The molecule has 1 aromatic rings. The van der Waals surface area contributed by atoms with Crippen LogP contribution < -0.4 is 15.4 Å². The van der Waals surface area contributed by atoms with Gasteiger partial charge in [0.15, 0.2) is 5.75 Å². The maximum absolute atomic E-state index is 13.0. The van der Waals surface area contributed by atoms with Crippen LogP contribution >= 0.6 is 0 Å². The SMILES string of the molecule is O=C(O)CCCNC(=O)Nc1ccc(F)cc1OC(F)F. The molecule has 0 aliphatic carbocycles. The third-order valence-electron chi connectivity index (χ3n) is 2.26. The van der Waals surface area contributed by atoms with Gasteiger partial charge in [0.05, 0.1) is 5.69 Å². The number of carboxylic acid groups (broad SMARTS) is 1. The van der Waals surface area contributed by atoms with Crippen molar-refractivity contribution >= 4 is 17.7 Å². The molecule has 0 saturated heterocycles. The Morgan fingerprint density at radius 1 is 1.33 bits per heavy atom. The van der Waals surface area contributed by atoms with Crippen LogP contribution in [0, 0.1) is 5.82 Å². The zero-order valence-electron chi connectivity index (χ0n) is 10.7. The summed E-state index contributed by atoms with van der Waals surface area (Å²) in [7, 11) is 0. The minimum atomic E-state index is -3.16. The van der Waals surface area contributed by atoms with Crippen LogP contribution in [0.1, 0.15) is 12.8 Å². The van der Waals surface area contributed by atoms with Crippen LogP contribution in [0.3, 0.4) is 0 Å². The summed E-state index contributed by atoms with van der Waals surface area (Å²) in [4.78, 5) is 21.7. The summed E-state index contributed by atoms with van der Waals surface area (Å²) in [6, 6.07) is 2.01. The van der Waals surface area contributed by atoms with Gasteiger partial charge in [0.1, 0.15) is 5.82 Å². The highest BCUT2D eigenvalue weighted by Gasteiger charge is 2.13. The van der Waals surface area contributed by atoms with Crippen LogP contribution in [0.25, 0.3) is 0 Å². The highest BCUT2D eigenvalue weighted by molar-refractivity contribution is 5.90. The molecule has 0 spiro atoms. The van der Waals surface area contributed by atoms with Gasteiger partial charge in [-0.15, -0.1) is 0 Å². The van der Waals surface area contributed by atoms with E-state index in [1.54, 1.807) is 0 Å². The number of amides is 2. The first-order valence-electron chi connectivity index (χ1n) is 5.89. The molecule has 0 heterocycles.